The molecule has 20 heavy (non-hydrogen) atoms. The van der Waals surface area contributed by atoms with Crippen LogP contribution in [0.4, 0.5) is 5.82 Å². The van der Waals surface area contributed by atoms with Crippen molar-refractivity contribution in [3.05, 3.63) is 41.3 Å². The van der Waals surface area contributed by atoms with Gasteiger partial charge in [0.1, 0.15) is 23.3 Å². The first-order valence-electron chi connectivity index (χ1n) is 6.20. The fraction of sp³-hybridized carbons (Fsp3) is 0.357. The summed E-state index contributed by atoms with van der Waals surface area (Å²) in [6, 6.07) is 1.02. The third-order valence-electron chi connectivity index (χ3n) is 2.63. The second-order valence-electron chi connectivity index (χ2n) is 4.01. The Kier molecular flexibility index (Phi) is 6.73. The molecule has 1 heterocycles. The van der Waals surface area contributed by atoms with Crippen LogP contribution in [0.25, 0.3) is 0 Å². The Morgan fingerprint density at radius 2 is 2.25 bits per heavy atom. The molecule has 1 atom stereocenters. The normalized spacial score (nSPS) is 13.3. The molecule has 108 valence electrons. The van der Waals surface area contributed by atoms with Crippen LogP contribution in [0.1, 0.15) is 20.3 Å². The van der Waals surface area contributed by atoms with Gasteiger partial charge in [-0.1, -0.05) is 29.8 Å². The second-order valence-corrected chi connectivity index (χ2v) is 4.40. The number of esters is 1. The van der Waals surface area contributed by atoms with Gasteiger partial charge in [-0.05, 0) is 19.4 Å². The average Bonchev–Trinajstić information content (AvgIpc) is 2.45. The highest BCUT2D eigenvalue weighted by Crippen LogP contribution is 2.15. The molecule has 5 nitrogen and oxygen atoms in total. The molecule has 0 saturated heterocycles. The molecule has 1 aromatic rings. The minimum absolute atomic E-state index is 0.311. The molecule has 6 heteroatoms. The lowest BCUT2D eigenvalue weighted by atomic mass is 10.1. The van der Waals surface area contributed by atoms with Gasteiger partial charge in [-0.15, -0.1) is 0 Å². The van der Waals surface area contributed by atoms with Crippen molar-refractivity contribution in [2.75, 3.05) is 12.4 Å². The number of allylic oxidation sites excluding steroid dienone is 3. The molecule has 0 fully saturated rings. The highest BCUT2D eigenvalue weighted by Gasteiger charge is 2.20. The van der Waals surface area contributed by atoms with Gasteiger partial charge in [0.15, 0.2) is 0 Å². The van der Waals surface area contributed by atoms with Crippen molar-refractivity contribution < 1.29 is 9.53 Å². The van der Waals surface area contributed by atoms with Gasteiger partial charge >= 0.3 is 5.97 Å². The smallest absolute Gasteiger partial charge is 0.328 e. The predicted molar refractivity (Wildman–Crippen MR) is 79.7 cm³/mol. The first kappa shape index (κ1) is 16.2. The first-order valence-corrected chi connectivity index (χ1v) is 6.58. The first-order chi connectivity index (χ1) is 9.60. The zero-order valence-electron chi connectivity index (χ0n) is 11.8. The summed E-state index contributed by atoms with van der Waals surface area (Å²) in [4.78, 5) is 19.7. The van der Waals surface area contributed by atoms with E-state index in [1.165, 1.54) is 13.4 Å². The van der Waals surface area contributed by atoms with E-state index in [1.807, 2.05) is 32.1 Å². The van der Waals surface area contributed by atoms with Gasteiger partial charge in [0, 0.05) is 12.5 Å². The Morgan fingerprint density at radius 3 is 2.80 bits per heavy atom. The SMILES string of the molecule is C/C=C\C(=C/C)C[C@@H](Nc1cc(Cl)ncn1)C(=O)OC. The summed E-state index contributed by atoms with van der Waals surface area (Å²) in [6.45, 7) is 3.85. The van der Waals surface area contributed by atoms with Gasteiger partial charge in [-0.2, -0.15) is 0 Å². The summed E-state index contributed by atoms with van der Waals surface area (Å²) >= 11 is 5.79. The third-order valence-corrected chi connectivity index (χ3v) is 2.84. The molecule has 0 radical (unpaired) electrons. The van der Waals surface area contributed by atoms with Crippen LogP contribution in [0.3, 0.4) is 0 Å². The summed E-state index contributed by atoms with van der Waals surface area (Å²) in [6.07, 6.45) is 7.65. The van der Waals surface area contributed by atoms with Gasteiger partial charge in [0.25, 0.3) is 0 Å². The number of hydrogen-bond donors (Lipinski definition) is 1. The summed E-state index contributed by atoms with van der Waals surface area (Å²) in [5.41, 5.74) is 1.02. The number of aromatic nitrogens is 2. The largest absolute Gasteiger partial charge is 0.467 e. The fourth-order valence-electron chi connectivity index (χ4n) is 1.66. The van der Waals surface area contributed by atoms with E-state index in [-0.39, 0.29) is 5.97 Å². The molecule has 0 bridgehead atoms. The van der Waals surface area contributed by atoms with Crippen LogP contribution in [-0.2, 0) is 9.53 Å². The number of hydrogen-bond acceptors (Lipinski definition) is 5. The van der Waals surface area contributed by atoms with Gasteiger partial charge in [-0.25, -0.2) is 14.8 Å². The van der Waals surface area contributed by atoms with E-state index in [4.69, 9.17) is 16.3 Å². The Labute approximate surface area is 123 Å². The zero-order valence-corrected chi connectivity index (χ0v) is 12.5. The lowest BCUT2D eigenvalue weighted by Crippen LogP contribution is -2.31. The number of halogens is 1. The van der Waals surface area contributed by atoms with E-state index < -0.39 is 6.04 Å². The molecule has 1 N–H and O–H groups in total. The molecule has 0 aliphatic heterocycles. The maximum Gasteiger partial charge on any atom is 0.328 e. The third kappa shape index (κ3) is 5.01. The van der Waals surface area contributed by atoms with Gasteiger partial charge < -0.3 is 10.1 Å². The molecule has 0 aliphatic rings. The summed E-state index contributed by atoms with van der Waals surface area (Å²) in [7, 11) is 1.36. The van der Waals surface area contributed by atoms with E-state index in [0.29, 0.717) is 17.4 Å². The van der Waals surface area contributed by atoms with Gasteiger partial charge in [0.2, 0.25) is 0 Å². The van der Waals surface area contributed by atoms with Crippen molar-refractivity contribution in [1.82, 2.24) is 9.97 Å². The maximum absolute atomic E-state index is 11.8. The molecule has 0 amide bonds. The Bertz CT molecular complexity index is 515. The zero-order chi connectivity index (χ0) is 15.0. The van der Waals surface area contributed by atoms with Crippen LogP contribution < -0.4 is 5.32 Å². The number of carbonyl (C=O) groups is 1. The van der Waals surface area contributed by atoms with E-state index in [1.54, 1.807) is 6.07 Å². The van der Waals surface area contributed by atoms with Crippen molar-refractivity contribution in [1.29, 1.82) is 0 Å². The lowest BCUT2D eigenvalue weighted by molar-refractivity contribution is -0.141. The van der Waals surface area contributed by atoms with Crippen LogP contribution in [0, 0.1) is 0 Å². The van der Waals surface area contributed by atoms with Crippen LogP contribution in [0.5, 0.6) is 0 Å². The van der Waals surface area contributed by atoms with Crippen molar-refractivity contribution in [2.45, 2.75) is 26.3 Å². The van der Waals surface area contributed by atoms with Crippen molar-refractivity contribution in [2.24, 2.45) is 0 Å². The average molecular weight is 296 g/mol. The van der Waals surface area contributed by atoms with Crippen LogP contribution in [0.15, 0.2) is 36.2 Å². The Balaban J connectivity index is 2.87. The summed E-state index contributed by atoms with van der Waals surface area (Å²) in [5, 5.41) is 3.32. The number of ether oxygens (including phenoxy) is 1. The van der Waals surface area contributed by atoms with Crippen molar-refractivity contribution in [3.63, 3.8) is 0 Å². The van der Waals surface area contributed by atoms with Crippen LogP contribution in [0.2, 0.25) is 5.15 Å². The van der Waals surface area contributed by atoms with Gasteiger partial charge in [-0.3, -0.25) is 0 Å². The molecule has 0 aromatic carbocycles. The minimum atomic E-state index is -0.534. The van der Waals surface area contributed by atoms with Crippen molar-refractivity contribution in [3.8, 4) is 0 Å². The Hall–Kier alpha value is -1.88. The molecule has 0 aliphatic carbocycles. The summed E-state index contributed by atoms with van der Waals surface area (Å²) < 4.78 is 4.81. The highest BCUT2D eigenvalue weighted by atomic mass is 35.5. The molecular formula is C14H18ClN3O2. The molecular weight excluding hydrogens is 278 g/mol. The van der Waals surface area contributed by atoms with Gasteiger partial charge in [0.05, 0.1) is 7.11 Å². The Morgan fingerprint density at radius 1 is 1.50 bits per heavy atom. The highest BCUT2D eigenvalue weighted by molar-refractivity contribution is 6.29. The van der Waals surface area contributed by atoms with E-state index in [2.05, 4.69) is 15.3 Å². The number of rotatable bonds is 6. The summed E-state index contributed by atoms with van der Waals surface area (Å²) in [5.74, 6) is 0.125. The molecule has 0 saturated carbocycles. The minimum Gasteiger partial charge on any atom is -0.467 e. The second kappa shape index (κ2) is 8.32. The quantitative estimate of drug-likeness (QED) is 0.496. The van der Waals surface area contributed by atoms with Crippen LogP contribution >= 0.6 is 11.6 Å². The standard InChI is InChI=1S/C14H18ClN3O2/c1-4-6-10(5-2)7-11(14(19)20-3)18-13-8-12(15)16-9-17-13/h4-6,8-9,11H,7H2,1-3H3,(H,16,17,18)/b6-4-,10-5+/t11-/m1/s1. The predicted octanol–water partition coefficient (Wildman–Crippen LogP) is 3.00. The van der Waals surface area contributed by atoms with Crippen molar-refractivity contribution >= 4 is 23.4 Å². The molecule has 0 unspecified atom stereocenters. The molecule has 0 spiro atoms. The molecule has 1 aromatic heterocycles. The maximum atomic E-state index is 11.8. The van der Waals surface area contributed by atoms with Crippen LogP contribution in [-0.4, -0.2) is 29.1 Å². The van der Waals surface area contributed by atoms with E-state index in [0.717, 1.165) is 5.57 Å². The van der Waals surface area contributed by atoms with E-state index in [9.17, 15) is 4.79 Å². The number of nitrogens with zero attached hydrogens (tertiary/aromatic N) is 2. The number of carbonyl (C=O) groups excluding carboxylic acids is 1. The molecule has 1 rings (SSSR count). The number of methoxy groups -OCH3 is 1. The number of anilines is 1. The fourth-order valence-corrected chi connectivity index (χ4v) is 1.81. The monoisotopic (exact) mass is 295 g/mol. The number of nitrogens with one attached hydrogen (secondary N) is 1. The lowest BCUT2D eigenvalue weighted by Gasteiger charge is -2.17. The topological polar surface area (TPSA) is 64.1 Å². The van der Waals surface area contributed by atoms with E-state index >= 15 is 0 Å².